The standard InChI is InChI=1S/C10H15F3N2S/c1-4-14-6(2)9-7(3)15-8(16-9)5-10(11,12)13/h6,14H,4-5H2,1-3H3. The number of aromatic nitrogens is 1. The van der Waals surface area contributed by atoms with Gasteiger partial charge < -0.3 is 5.32 Å². The zero-order chi connectivity index (χ0) is 12.3. The van der Waals surface area contributed by atoms with Gasteiger partial charge in [0.1, 0.15) is 5.01 Å². The topological polar surface area (TPSA) is 24.9 Å². The van der Waals surface area contributed by atoms with Crippen LogP contribution in [0.4, 0.5) is 13.2 Å². The lowest BCUT2D eigenvalue weighted by atomic mass is 10.2. The molecule has 0 amide bonds. The molecule has 1 aromatic heterocycles. The van der Waals surface area contributed by atoms with E-state index >= 15 is 0 Å². The minimum absolute atomic E-state index is 0.0597. The first-order valence-electron chi connectivity index (χ1n) is 5.09. The zero-order valence-electron chi connectivity index (χ0n) is 9.48. The first-order valence-corrected chi connectivity index (χ1v) is 5.91. The van der Waals surface area contributed by atoms with Crippen LogP contribution in [0.1, 0.15) is 35.5 Å². The first kappa shape index (κ1) is 13.4. The summed E-state index contributed by atoms with van der Waals surface area (Å²) >= 11 is 1.14. The highest BCUT2D eigenvalue weighted by Gasteiger charge is 2.30. The van der Waals surface area contributed by atoms with Crippen molar-refractivity contribution in [2.45, 2.75) is 39.4 Å². The van der Waals surface area contributed by atoms with Crippen LogP contribution in [-0.4, -0.2) is 17.7 Å². The van der Waals surface area contributed by atoms with Gasteiger partial charge in [0.15, 0.2) is 0 Å². The molecule has 0 bridgehead atoms. The fourth-order valence-electron chi connectivity index (χ4n) is 1.51. The highest BCUT2D eigenvalue weighted by Crippen LogP contribution is 2.29. The Morgan fingerprint density at radius 1 is 1.44 bits per heavy atom. The molecule has 16 heavy (non-hydrogen) atoms. The molecule has 1 unspecified atom stereocenters. The van der Waals surface area contributed by atoms with E-state index in [4.69, 9.17) is 0 Å². The molecule has 1 N–H and O–H groups in total. The number of rotatable bonds is 4. The minimum atomic E-state index is -4.18. The Hall–Kier alpha value is -0.620. The molecule has 0 spiro atoms. The molecule has 0 saturated carbocycles. The van der Waals surface area contributed by atoms with Gasteiger partial charge in [-0.25, -0.2) is 4.98 Å². The molecule has 0 saturated heterocycles. The fourth-order valence-corrected chi connectivity index (χ4v) is 2.64. The zero-order valence-corrected chi connectivity index (χ0v) is 10.3. The number of hydrogen-bond acceptors (Lipinski definition) is 3. The second kappa shape index (κ2) is 5.14. The maximum Gasteiger partial charge on any atom is 0.395 e. The predicted molar refractivity (Wildman–Crippen MR) is 58.7 cm³/mol. The third-order valence-corrected chi connectivity index (χ3v) is 3.47. The van der Waals surface area contributed by atoms with Gasteiger partial charge in [-0.2, -0.15) is 13.2 Å². The van der Waals surface area contributed by atoms with Crippen molar-refractivity contribution < 1.29 is 13.2 Å². The van der Waals surface area contributed by atoms with E-state index in [9.17, 15) is 13.2 Å². The van der Waals surface area contributed by atoms with E-state index in [1.54, 1.807) is 6.92 Å². The largest absolute Gasteiger partial charge is 0.395 e. The summed E-state index contributed by atoms with van der Waals surface area (Å²) in [4.78, 5) is 4.85. The van der Waals surface area contributed by atoms with Gasteiger partial charge in [-0.05, 0) is 20.4 Å². The Kier molecular flexibility index (Phi) is 4.32. The maximum atomic E-state index is 12.2. The molecule has 0 aromatic carbocycles. The summed E-state index contributed by atoms with van der Waals surface area (Å²) in [5.41, 5.74) is 0.692. The van der Waals surface area contributed by atoms with Crippen molar-refractivity contribution in [3.63, 3.8) is 0 Å². The van der Waals surface area contributed by atoms with Crippen molar-refractivity contribution >= 4 is 11.3 Å². The van der Waals surface area contributed by atoms with E-state index in [2.05, 4.69) is 10.3 Å². The van der Waals surface area contributed by atoms with Gasteiger partial charge >= 0.3 is 6.18 Å². The quantitative estimate of drug-likeness (QED) is 0.890. The molecule has 1 rings (SSSR count). The van der Waals surface area contributed by atoms with Crippen molar-refractivity contribution in [3.05, 3.63) is 15.6 Å². The van der Waals surface area contributed by atoms with Crippen molar-refractivity contribution in [2.75, 3.05) is 6.54 Å². The van der Waals surface area contributed by atoms with E-state index in [1.807, 2.05) is 13.8 Å². The Labute approximate surface area is 96.9 Å². The van der Waals surface area contributed by atoms with E-state index in [0.29, 0.717) is 5.69 Å². The van der Waals surface area contributed by atoms with Crippen LogP contribution < -0.4 is 5.32 Å². The molecule has 0 aliphatic carbocycles. The smallest absolute Gasteiger partial charge is 0.310 e. The molecule has 0 aliphatic rings. The lowest BCUT2D eigenvalue weighted by molar-refractivity contribution is -0.127. The molecule has 1 aromatic rings. The van der Waals surface area contributed by atoms with E-state index in [-0.39, 0.29) is 11.0 Å². The van der Waals surface area contributed by atoms with Crippen molar-refractivity contribution in [3.8, 4) is 0 Å². The number of nitrogens with zero attached hydrogens (tertiary/aromatic N) is 1. The second-order valence-electron chi connectivity index (χ2n) is 3.63. The van der Waals surface area contributed by atoms with Crippen LogP contribution in [0, 0.1) is 6.92 Å². The molecule has 0 aliphatic heterocycles. The van der Waals surface area contributed by atoms with Crippen molar-refractivity contribution in [1.82, 2.24) is 10.3 Å². The van der Waals surface area contributed by atoms with Crippen molar-refractivity contribution in [1.29, 1.82) is 0 Å². The number of thiazole rings is 1. The highest BCUT2D eigenvalue weighted by molar-refractivity contribution is 7.11. The molecule has 0 fully saturated rings. The molecular formula is C10H15F3N2S. The lowest BCUT2D eigenvalue weighted by Gasteiger charge is -2.10. The summed E-state index contributed by atoms with van der Waals surface area (Å²) < 4.78 is 36.5. The summed E-state index contributed by atoms with van der Waals surface area (Å²) in [5, 5.41) is 3.31. The van der Waals surface area contributed by atoms with E-state index in [1.165, 1.54) is 0 Å². The van der Waals surface area contributed by atoms with Gasteiger partial charge in [0.2, 0.25) is 0 Å². The first-order chi connectivity index (χ1) is 7.33. The molecule has 2 nitrogen and oxygen atoms in total. The van der Waals surface area contributed by atoms with Crippen LogP contribution >= 0.6 is 11.3 Å². The fraction of sp³-hybridized carbons (Fsp3) is 0.700. The normalized spacial score (nSPS) is 14.1. The number of hydrogen-bond donors (Lipinski definition) is 1. The summed E-state index contributed by atoms with van der Waals surface area (Å²) in [7, 11) is 0. The van der Waals surface area contributed by atoms with Crippen LogP contribution in [0.5, 0.6) is 0 Å². The molecule has 1 heterocycles. The average molecular weight is 252 g/mol. The number of nitrogens with one attached hydrogen (secondary N) is 1. The molecule has 0 radical (unpaired) electrons. The third-order valence-electron chi connectivity index (χ3n) is 2.13. The van der Waals surface area contributed by atoms with Crippen LogP contribution in [0.2, 0.25) is 0 Å². The summed E-state index contributed by atoms with van der Waals surface area (Å²) in [5.74, 6) is 0. The van der Waals surface area contributed by atoms with Gasteiger partial charge in [0, 0.05) is 10.9 Å². The van der Waals surface area contributed by atoms with Crippen molar-refractivity contribution in [2.24, 2.45) is 0 Å². The number of halogens is 3. The Morgan fingerprint density at radius 2 is 2.06 bits per heavy atom. The summed E-state index contributed by atoms with van der Waals surface area (Å²) in [6.45, 7) is 6.43. The Balaban J connectivity index is 2.81. The van der Waals surface area contributed by atoms with Gasteiger partial charge in [-0.3, -0.25) is 0 Å². The number of alkyl halides is 3. The van der Waals surface area contributed by atoms with E-state index in [0.717, 1.165) is 22.8 Å². The average Bonchev–Trinajstić information content (AvgIpc) is 2.44. The Bertz CT molecular complexity index is 346. The SMILES string of the molecule is CCNC(C)c1sc(CC(F)(F)F)nc1C. The highest BCUT2D eigenvalue weighted by atomic mass is 32.1. The van der Waals surface area contributed by atoms with Crippen LogP contribution in [-0.2, 0) is 6.42 Å². The van der Waals surface area contributed by atoms with Gasteiger partial charge in [0.05, 0.1) is 12.1 Å². The van der Waals surface area contributed by atoms with E-state index < -0.39 is 12.6 Å². The molecule has 92 valence electrons. The monoisotopic (exact) mass is 252 g/mol. The Morgan fingerprint density at radius 3 is 2.56 bits per heavy atom. The second-order valence-corrected chi connectivity index (χ2v) is 4.74. The lowest BCUT2D eigenvalue weighted by Crippen LogP contribution is -2.17. The minimum Gasteiger partial charge on any atom is -0.310 e. The number of aryl methyl sites for hydroxylation is 1. The van der Waals surface area contributed by atoms with Gasteiger partial charge in [0.25, 0.3) is 0 Å². The van der Waals surface area contributed by atoms with Gasteiger partial charge in [-0.15, -0.1) is 11.3 Å². The maximum absolute atomic E-state index is 12.2. The molecule has 1 atom stereocenters. The van der Waals surface area contributed by atoms with Gasteiger partial charge in [-0.1, -0.05) is 6.92 Å². The molecule has 6 heteroatoms. The summed E-state index contributed by atoms with van der Waals surface area (Å²) in [6.07, 6.45) is -5.11. The third kappa shape index (κ3) is 3.75. The van der Waals surface area contributed by atoms with Crippen LogP contribution in [0.25, 0.3) is 0 Å². The van der Waals surface area contributed by atoms with Crippen LogP contribution in [0.3, 0.4) is 0 Å². The van der Waals surface area contributed by atoms with Crippen LogP contribution in [0.15, 0.2) is 0 Å². The summed E-state index contributed by atoms with van der Waals surface area (Å²) in [6, 6.07) is 0.0597. The molecular weight excluding hydrogens is 237 g/mol. The predicted octanol–water partition coefficient (Wildman–Crippen LogP) is 3.23.